The molecule has 160 valence electrons. The summed E-state index contributed by atoms with van der Waals surface area (Å²) in [6, 6.07) is 0. The van der Waals surface area contributed by atoms with Gasteiger partial charge < -0.3 is 5.11 Å². The number of hydrogen-bond donors (Lipinski definition) is 1. The van der Waals surface area contributed by atoms with Gasteiger partial charge in [0.2, 0.25) is 0 Å². The number of unbranched alkanes of at least 4 members (excludes halogenated alkanes) is 5. The molecule has 1 N–H and O–H groups in total. The first kappa shape index (κ1) is 21.0. The lowest BCUT2D eigenvalue weighted by Gasteiger charge is -2.58. The molecular weight excluding hydrogens is 340 g/mol. The van der Waals surface area contributed by atoms with E-state index in [0.717, 1.165) is 36.5 Å². The van der Waals surface area contributed by atoms with Gasteiger partial charge in [-0.3, -0.25) is 0 Å². The second-order valence-corrected chi connectivity index (χ2v) is 11.5. The quantitative estimate of drug-likeness (QED) is 0.351. The van der Waals surface area contributed by atoms with Gasteiger partial charge in [0.05, 0.1) is 6.10 Å². The van der Waals surface area contributed by atoms with Gasteiger partial charge in [0.1, 0.15) is 0 Å². The van der Waals surface area contributed by atoms with Crippen molar-refractivity contribution in [3.63, 3.8) is 0 Å². The van der Waals surface area contributed by atoms with Gasteiger partial charge >= 0.3 is 0 Å². The molecular formula is C27H46O. The van der Waals surface area contributed by atoms with Crippen molar-refractivity contribution < 1.29 is 5.11 Å². The number of rotatable bonds is 7. The van der Waals surface area contributed by atoms with Crippen LogP contribution in [0.5, 0.6) is 0 Å². The smallest absolute Gasteiger partial charge is 0.0577 e. The summed E-state index contributed by atoms with van der Waals surface area (Å²) in [6.45, 7) is 7.57. The summed E-state index contributed by atoms with van der Waals surface area (Å²) >= 11 is 0. The number of hydrogen-bond acceptors (Lipinski definition) is 1. The first-order chi connectivity index (χ1) is 13.5. The maximum absolute atomic E-state index is 10.2. The lowest BCUT2D eigenvalue weighted by Crippen LogP contribution is -2.50. The molecule has 2 unspecified atom stereocenters. The lowest BCUT2D eigenvalue weighted by atomic mass is 9.47. The Morgan fingerprint density at radius 3 is 2.54 bits per heavy atom. The fourth-order valence-corrected chi connectivity index (χ4v) is 8.40. The van der Waals surface area contributed by atoms with Crippen LogP contribution < -0.4 is 0 Å². The van der Waals surface area contributed by atoms with E-state index in [1.165, 1.54) is 83.5 Å². The van der Waals surface area contributed by atoms with E-state index < -0.39 is 0 Å². The molecule has 3 fully saturated rings. The molecule has 0 aliphatic heterocycles. The van der Waals surface area contributed by atoms with Gasteiger partial charge in [-0.05, 0) is 92.3 Å². The van der Waals surface area contributed by atoms with Crippen molar-refractivity contribution in [1.29, 1.82) is 0 Å². The molecule has 0 heterocycles. The van der Waals surface area contributed by atoms with Crippen molar-refractivity contribution in [3.05, 3.63) is 11.6 Å². The Labute approximate surface area is 174 Å². The van der Waals surface area contributed by atoms with Crippen LogP contribution in [0.1, 0.15) is 117 Å². The van der Waals surface area contributed by atoms with Gasteiger partial charge in [0.15, 0.2) is 0 Å². The van der Waals surface area contributed by atoms with Crippen LogP contribution in [0.15, 0.2) is 11.6 Å². The zero-order chi connectivity index (χ0) is 19.8. The van der Waals surface area contributed by atoms with Crippen LogP contribution in [0.2, 0.25) is 0 Å². The van der Waals surface area contributed by atoms with E-state index in [2.05, 4.69) is 26.8 Å². The normalized spacial score (nSPS) is 45.1. The predicted molar refractivity (Wildman–Crippen MR) is 119 cm³/mol. The van der Waals surface area contributed by atoms with E-state index in [0.29, 0.717) is 10.8 Å². The minimum Gasteiger partial charge on any atom is -0.393 e. The molecule has 1 heteroatoms. The Morgan fingerprint density at radius 2 is 1.71 bits per heavy atom. The maximum atomic E-state index is 10.2. The standard InChI is InChI=1S/C27H46O/c1-4-5-6-7-8-9-10-20-12-14-24-23-13-11-21-19-22(28)15-17-27(21,3)25(23)16-18-26(20,24)2/h11,20,22-25,28H,4-10,12-19H2,1-3H3/t20-,22-,23?,24-,25?,26+,27-/m0/s1. The van der Waals surface area contributed by atoms with Crippen molar-refractivity contribution in [2.24, 2.45) is 34.5 Å². The number of fused-ring (bicyclic) bond motifs is 5. The van der Waals surface area contributed by atoms with Crippen molar-refractivity contribution in [3.8, 4) is 0 Å². The second-order valence-electron chi connectivity index (χ2n) is 11.5. The molecule has 0 aromatic rings. The summed E-state index contributed by atoms with van der Waals surface area (Å²) in [5.74, 6) is 3.79. The van der Waals surface area contributed by atoms with E-state index in [9.17, 15) is 5.11 Å². The molecule has 0 aromatic carbocycles. The number of aliphatic hydroxyl groups is 1. The number of aliphatic hydroxyl groups excluding tert-OH is 1. The summed E-state index contributed by atoms with van der Waals surface area (Å²) in [5, 5.41) is 10.2. The average Bonchev–Trinajstić information content (AvgIpc) is 3.01. The molecule has 4 rings (SSSR count). The Morgan fingerprint density at radius 1 is 0.929 bits per heavy atom. The van der Waals surface area contributed by atoms with Gasteiger partial charge in [-0.1, -0.05) is 70.9 Å². The van der Waals surface area contributed by atoms with Gasteiger partial charge in [0, 0.05) is 0 Å². The van der Waals surface area contributed by atoms with Gasteiger partial charge in [-0.15, -0.1) is 0 Å². The molecule has 0 bridgehead atoms. The molecule has 0 saturated heterocycles. The van der Waals surface area contributed by atoms with Crippen molar-refractivity contribution in [1.82, 2.24) is 0 Å². The summed E-state index contributed by atoms with van der Waals surface area (Å²) in [4.78, 5) is 0. The van der Waals surface area contributed by atoms with Crippen LogP contribution in [-0.4, -0.2) is 11.2 Å². The summed E-state index contributed by atoms with van der Waals surface area (Å²) < 4.78 is 0. The molecule has 4 aliphatic rings. The largest absolute Gasteiger partial charge is 0.393 e. The Bertz CT molecular complexity index is 565. The molecule has 0 spiro atoms. The monoisotopic (exact) mass is 386 g/mol. The highest BCUT2D eigenvalue weighted by atomic mass is 16.3. The van der Waals surface area contributed by atoms with E-state index in [-0.39, 0.29) is 6.10 Å². The minimum absolute atomic E-state index is 0.0714. The summed E-state index contributed by atoms with van der Waals surface area (Å²) in [7, 11) is 0. The lowest BCUT2D eigenvalue weighted by molar-refractivity contribution is -0.0508. The third-order valence-corrected chi connectivity index (χ3v) is 10.2. The van der Waals surface area contributed by atoms with Gasteiger partial charge in [0.25, 0.3) is 0 Å². The third-order valence-electron chi connectivity index (χ3n) is 10.2. The van der Waals surface area contributed by atoms with Crippen molar-refractivity contribution >= 4 is 0 Å². The molecule has 0 aromatic heterocycles. The third kappa shape index (κ3) is 3.63. The van der Waals surface area contributed by atoms with Crippen LogP contribution in [0.4, 0.5) is 0 Å². The summed E-state index contributed by atoms with van der Waals surface area (Å²) in [5.41, 5.74) is 2.65. The first-order valence-corrected chi connectivity index (χ1v) is 12.9. The summed E-state index contributed by atoms with van der Waals surface area (Å²) in [6.07, 6.45) is 23.1. The fourth-order valence-electron chi connectivity index (χ4n) is 8.40. The van der Waals surface area contributed by atoms with E-state index in [1.807, 2.05) is 0 Å². The molecule has 28 heavy (non-hydrogen) atoms. The van der Waals surface area contributed by atoms with Crippen LogP contribution in [-0.2, 0) is 0 Å². The molecule has 0 radical (unpaired) electrons. The zero-order valence-corrected chi connectivity index (χ0v) is 19.0. The predicted octanol–water partition coefficient (Wildman–Crippen LogP) is 7.68. The van der Waals surface area contributed by atoms with E-state index >= 15 is 0 Å². The SMILES string of the molecule is CCCCCCCC[C@H]1CC[C@H]2C3CC=C4C[C@@H](O)CC[C@]4(C)C3CC[C@]12C. The van der Waals surface area contributed by atoms with Crippen molar-refractivity contribution in [2.45, 2.75) is 123 Å². The number of allylic oxidation sites excluding steroid dienone is 1. The van der Waals surface area contributed by atoms with E-state index in [4.69, 9.17) is 0 Å². The topological polar surface area (TPSA) is 20.2 Å². The van der Waals surface area contributed by atoms with Crippen LogP contribution >= 0.6 is 0 Å². The molecule has 3 saturated carbocycles. The Balaban J connectivity index is 1.39. The van der Waals surface area contributed by atoms with E-state index in [1.54, 1.807) is 5.57 Å². The Kier molecular flexibility index (Phi) is 6.32. The van der Waals surface area contributed by atoms with Crippen molar-refractivity contribution in [2.75, 3.05) is 0 Å². The van der Waals surface area contributed by atoms with Crippen LogP contribution in [0.25, 0.3) is 0 Å². The fraction of sp³-hybridized carbons (Fsp3) is 0.926. The molecule has 4 aliphatic carbocycles. The first-order valence-electron chi connectivity index (χ1n) is 12.9. The highest BCUT2D eigenvalue weighted by molar-refractivity contribution is 5.25. The minimum atomic E-state index is -0.0714. The zero-order valence-electron chi connectivity index (χ0n) is 19.0. The highest BCUT2D eigenvalue weighted by Crippen LogP contribution is 2.66. The van der Waals surface area contributed by atoms with Crippen LogP contribution in [0.3, 0.4) is 0 Å². The van der Waals surface area contributed by atoms with Gasteiger partial charge in [-0.25, -0.2) is 0 Å². The maximum Gasteiger partial charge on any atom is 0.0577 e. The molecule has 7 atom stereocenters. The van der Waals surface area contributed by atoms with Crippen LogP contribution in [0, 0.1) is 34.5 Å². The average molecular weight is 387 g/mol. The Hall–Kier alpha value is -0.300. The van der Waals surface area contributed by atoms with Gasteiger partial charge in [-0.2, -0.15) is 0 Å². The molecule has 0 amide bonds. The highest BCUT2D eigenvalue weighted by Gasteiger charge is 2.58. The second kappa shape index (κ2) is 8.44. The molecule has 1 nitrogen and oxygen atoms in total.